The minimum absolute atomic E-state index is 0.0569. The summed E-state index contributed by atoms with van der Waals surface area (Å²) in [6.07, 6.45) is 30.7. The molecular weight excluding hydrogens is 594 g/mol. The van der Waals surface area contributed by atoms with Gasteiger partial charge in [0, 0.05) is 19.3 Å². The first-order valence-electron chi connectivity index (χ1n) is 18.9. The zero-order valence-corrected chi connectivity index (χ0v) is 31.0. The van der Waals surface area contributed by atoms with Crippen LogP contribution in [-0.4, -0.2) is 80.6 Å². The average Bonchev–Trinajstić information content (AvgIpc) is 3.01. The van der Waals surface area contributed by atoms with Crippen molar-refractivity contribution in [1.29, 1.82) is 0 Å². The maximum Gasteiger partial charge on any atom is 0.362 e. The highest BCUT2D eigenvalue weighted by molar-refractivity contribution is 5.72. The van der Waals surface area contributed by atoms with E-state index in [1.165, 1.54) is 57.8 Å². The number of hydrogen-bond acceptors (Lipinski definition) is 6. The molecule has 0 rings (SSSR count). The van der Waals surface area contributed by atoms with Gasteiger partial charge in [0.2, 0.25) is 0 Å². The van der Waals surface area contributed by atoms with Gasteiger partial charge in [0.05, 0.1) is 34.4 Å². The molecule has 0 radical (unpaired) electrons. The van der Waals surface area contributed by atoms with Crippen molar-refractivity contribution in [1.82, 2.24) is 0 Å². The Bertz CT molecular complexity index is 834. The molecule has 0 spiro atoms. The quantitative estimate of drug-likeness (QED) is 0.0322. The van der Waals surface area contributed by atoms with Crippen molar-refractivity contribution in [3.63, 3.8) is 0 Å². The molecule has 8 heteroatoms. The molecule has 47 heavy (non-hydrogen) atoms. The first-order valence-corrected chi connectivity index (χ1v) is 18.9. The van der Waals surface area contributed by atoms with Crippen molar-refractivity contribution >= 4 is 17.9 Å². The van der Waals surface area contributed by atoms with Crippen molar-refractivity contribution in [3.05, 3.63) is 24.3 Å². The highest BCUT2D eigenvalue weighted by Crippen LogP contribution is 2.13. The zero-order chi connectivity index (χ0) is 35.0. The van der Waals surface area contributed by atoms with Crippen molar-refractivity contribution in [3.8, 4) is 0 Å². The molecule has 0 fully saturated rings. The van der Waals surface area contributed by atoms with Gasteiger partial charge in [-0.2, -0.15) is 0 Å². The number of unbranched alkanes of at least 4 members (excludes halogenated alkanes) is 15. The standard InChI is InChI=1S/C39H71NO7/c1-6-8-10-12-14-16-18-20-22-24-26-28-30-38(42)47-35(33-45-32-31-36(39(43)44)40(3,4)5)34-46-37(41)29-27-25-23-21-19-17-15-13-11-9-7-2/h13-16,35-36H,6-12,17-34H2,1-5H3/p+1/b15-13-,16-14-. The molecular formula is C39H72NO7+. The Labute approximate surface area is 288 Å². The topological polar surface area (TPSA) is 99.1 Å². The highest BCUT2D eigenvalue weighted by Gasteiger charge is 2.31. The summed E-state index contributed by atoms with van der Waals surface area (Å²) < 4.78 is 17.2. The Balaban J connectivity index is 4.46. The smallest absolute Gasteiger partial charge is 0.362 e. The van der Waals surface area contributed by atoms with Crippen LogP contribution in [0.5, 0.6) is 0 Å². The van der Waals surface area contributed by atoms with Gasteiger partial charge < -0.3 is 23.8 Å². The van der Waals surface area contributed by atoms with Crippen LogP contribution in [0.3, 0.4) is 0 Å². The Kier molecular flexibility index (Phi) is 29.7. The molecule has 0 bridgehead atoms. The summed E-state index contributed by atoms with van der Waals surface area (Å²) >= 11 is 0. The monoisotopic (exact) mass is 667 g/mol. The van der Waals surface area contributed by atoms with Crippen molar-refractivity contribution in [2.75, 3.05) is 41.0 Å². The fourth-order valence-electron chi connectivity index (χ4n) is 5.30. The van der Waals surface area contributed by atoms with E-state index in [-0.39, 0.29) is 36.2 Å². The summed E-state index contributed by atoms with van der Waals surface area (Å²) in [5.41, 5.74) is 0. The molecule has 2 unspecified atom stereocenters. The molecule has 0 amide bonds. The van der Waals surface area contributed by atoms with Crippen LogP contribution in [0.1, 0.15) is 155 Å². The van der Waals surface area contributed by atoms with Crippen molar-refractivity contribution < 1.29 is 38.2 Å². The van der Waals surface area contributed by atoms with Gasteiger partial charge >= 0.3 is 17.9 Å². The summed E-state index contributed by atoms with van der Waals surface area (Å²) in [7, 11) is 5.51. The number of quaternary nitrogens is 1. The van der Waals surface area contributed by atoms with E-state index in [1.807, 2.05) is 21.1 Å². The molecule has 274 valence electrons. The Morgan fingerprint density at radius 3 is 1.60 bits per heavy atom. The van der Waals surface area contributed by atoms with Gasteiger partial charge in [-0.3, -0.25) is 9.59 Å². The third-order valence-corrected chi connectivity index (χ3v) is 8.32. The number of nitrogens with zero attached hydrogens (tertiary/aromatic N) is 1. The number of hydrogen-bond donors (Lipinski definition) is 1. The number of ether oxygens (including phenoxy) is 3. The Morgan fingerprint density at radius 1 is 0.617 bits per heavy atom. The largest absolute Gasteiger partial charge is 0.477 e. The van der Waals surface area contributed by atoms with Crippen LogP contribution in [0.2, 0.25) is 0 Å². The third-order valence-electron chi connectivity index (χ3n) is 8.32. The van der Waals surface area contributed by atoms with E-state index in [4.69, 9.17) is 14.2 Å². The van der Waals surface area contributed by atoms with E-state index in [1.54, 1.807) is 0 Å². The second kappa shape index (κ2) is 31.1. The fraction of sp³-hybridized carbons (Fsp3) is 0.821. The van der Waals surface area contributed by atoms with Gasteiger partial charge in [0.25, 0.3) is 0 Å². The number of carboxylic acid groups (broad SMARTS) is 1. The van der Waals surface area contributed by atoms with Gasteiger partial charge in [0.1, 0.15) is 6.61 Å². The molecule has 2 atom stereocenters. The van der Waals surface area contributed by atoms with E-state index >= 15 is 0 Å². The van der Waals surface area contributed by atoms with E-state index in [9.17, 15) is 19.5 Å². The molecule has 0 aliphatic heterocycles. The minimum Gasteiger partial charge on any atom is -0.477 e. The number of rotatable bonds is 33. The molecule has 0 heterocycles. The lowest BCUT2D eigenvalue weighted by atomic mass is 10.1. The molecule has 0 aromatic carbocycles. The van der Waals surface area contributed by atoms with Crippen molar-refractivity contribution in [2.45, 2.75) is 167 Å². The van der Waals surface area contributed by atoms with Crippen LogP contribution >= 0.6 is 0 Å². The lowest BCUT2D eigenvalue weighted by molar-refractivity contribution is -0.887. The summed E-state index contributed by atoms with van der Waals surface area (Å²) in [6, 6.07) is -0.613. The molecule has 8 nitrogen and oxygen atoms in total. The molecule has 0 saturated carbocycles. The van der Waals surface area contributed by atoms with Crippen LogP contribution in [0.15, 0.2) is 24.3 Å². The SMILES string of the molecule is CCCC/C=C\CCCCCCCC(=O)OCC(COCCC(C(=O)O)[N+](C)(C)C)OC(=O)CCCCCCC/C=C\CCCCC. The third kappa shape index (κ3) is 29.7. The fourth-order valence-corrected chi connectivity index (χ4v) is 5.30. The Hall–Kier alpha value is -2.19. The van der Waals surface area contributed by atoms with Crippen molar-refractivity contribution in [2.24, 2.45) is 0 Å². The van der Waals surface area contributed by atoms with E-state index < -0.39 is 18.1 Å². The Morgan fingerprint density at radius 2 is 1.09 bits per heavy atom. The minimum atomic E-state index is -0.879. The van der Waals surface area contributed by atoms with Gasteiger partial charge in [-0.05, 0) is 57.8 Å². The van der Waals surface area contributed by atoms with Gasteiger partial charge in [-0.15, -0.1) is 0 Å². The number of carbonyl (C=O) groups excluding carboxylic acids is 2. The molecule has 0 aromatic rings. The van der Waals surface area contributed by atoms with E-state index in [2.05, 4.69) is 38.2 Å². The second-order valence-electron chi connectivity index (χ2n) is 13.8. The maximum atomic E-state index is 12.6. The number of aliphatic carboxylic acids is 1. The van der Waals surface area contributed by atoms with Crippen LogP contribution in [-0.2, 0) is 28.6 Å². The summed E-state index contributed by atoms with van der Waals surface area (Å²) in [5, 5.41) is 9.57. The summed E-state index contributed by atoms with van der Waals surface area (Å²) in [6.45, 7) is 4.64. The molecule has 0 aromatic heterocycles. The number of likely N-dealkylation sites (N-methyl/N-ethyl adjacent to an activating group) is 1. The van der Waals surface area contributed by atoms with Crippen LogP contribution in [0.4, 0.5) is 0 Å². The predicted octanol–water partition coefficient (Wildman–Crippen LogP) is 9.35. The average molecular weight is 667 g/mol. The summed E-state index contributed by atoms with van der Waals surface area (Å²) in [4.78, 5) is 36.7. The number of allylic oxidation sites excluding steroid dienone is 4. The van der Waals surface area contributed by atoms with Gasteiger partial charge in [0.15, 0.2) is 12.1 Å². The lowest BCUT2D eigenvalue weighted by Crippen LogP contribution is -2.50. The molecule has 1 N–H and O–H groups in total. The first-order chi connectivity index (χ1) is 22.6. The maximum absolute atomic E-state index is 12.6. The predicted molar refractivity (Wildman–Crippen MR) is 192 cm³/mol. The van der Waals surface area contributed by atoms with Crippen LogP contribution < -0.4 is 0 Å². The second-order valence-corrected chi connectivity index (χ2v) is 13.8. The first kappa shape index (κ1) is 44.8. The zero-order valence-electron chi connectivity index (χ0n) is 31.0. The lowest BCUT2D eigenvalue weighted by Gasteiger charge is -2.31. The number of carbonyl (C=O) groups is 3. The summed E-state index contributed by atoms with van der Waals surface area (Å²) in [5.74, 6) is -1.49. The van der Waals surface area contributed by atoms with E-state index in [0.717, 1.165) is 64.2 Å². The molecule has 0 saturated heterocycles. The normalized spacial score (nSPS) is 13.3. The highest BCUT2D eigenvalue weighted by atomic mass is 16.6. The van der Waals surface area contributed by atoms with Gasteiger partial charge in [-0.1, -0.05) is 102 Å². The van der Waals surface area contributed by atoms with Crippen LogP contribution in [0.25, 0.3) is 0 Å². The van der Waals surface area contributed by atoms with Gasteiger partial charge in [-0.25, -0.2) is 4.79 Å². The van der Waals surface area contributed by atoms with E-state index in [0.29, 0.717) is 19.3 Å². The number of esters is 2. The van der Waals surface area contributed by atoms with Crippen LogP contribution in [0, 0.1) is 0 Å². The number of carboxylic acids is 1. The molecule has 0 aliphatic rings. The molecule has 0 aliphatic carbocycles.